The van der Waals surface area contributed by atoms with Crippen molar-refractivity contribution in [1.82, 2.24) is 15.0 Å². The molecule has 0 atom stereocenters. The van der Waals surface area contributed by atoms with Crippen LogP contribution in [0, 0.1) is 0 Å². The molecular weight excluding hydrogens is 212 g/mol. The highest BCUT2D eigenvalue weighted by molar-refractivity contribution is 5.31. The first-order valence-corrected chi connectivity index (χ1v) is 5.79. The van der Waals surface area contributed by atoms with E-state index in [0.717, 1.165) is 29.9 Å². The van der Waals surface area contributed by atoms with Crippen LogP contribution in [0.1, 0.15) is 30.4 Å². The molecule has 0 aromatic carbocycles. The van der Waals surface area contributed by atoms with Crippen LogP contribution in [-0.4, -0.2) is 15.0 Å². The monoisotopic (exact) mass is 228 g/mol. The Morgan fingerprint density at radius 2 is 1.94 bits per heavy atom. The van der Waals surface area contributed by atoms with E-state index in [0.29, 0.717) is 12.2 Å². The van der Waals surface area contributed by atoms with Gasteiger partial charge in [0.25, 0.3) is 0 Å². The third-order valence-corrected chi connectivity index (χ3v) is 2.46. The molecule has 2 heterocycles. The van der Waals surface area contributed by atoms with E-state index in [1.807, 2.05) is 18.2 Å². The predicted octanol–water partition coefficient (Wildman–Crippen LogP) is 2.00. The van der Waals surface area contributed by atoms with Gasteiger partial charge in [-0.1, -0.05) is 13.3 Å². The fourth-order valence-corrected chi connectivity index (χ4v) is 1.72. The summed E-state index contributed by atoms with van der Waals surface area (Å²) in [6.07, 6.45) is 6.24. The van der Waals surface area contributed by atoms with Crippen molar-refractivity contribution in [2.75, 3.05) is 5.73 Å². The minimum absolute atomic E-state index is 0.549. The maximum atomic E-state index is 5.78. The molecule has 0 aliphatic heterocycles. The first-order valence-electron chi connectivity index (χ1n) is 5.79. The third kappa shape index (κ3) is 3.24. The van der Waals surface area contributed by atoms with Crippen LogP contribution in [0.15, 0.2) is 30.6 Å². The number of hydrogen-bond acceptors (Lipinski definition) is 4. The molecule has 88 valence electrons. The highest BCUT2D eigenvalue weighted by atomic mass is 14.9. The van der Waals surface area contributed by atoms with Gasteiger partial charge < -0.3 is 5.73 Å². The Labute approximate surface area is 101 Å². The van der Waals surface area contributed by atoms with E-state index >= 15 is 0 Å². The molecule has 0 saturated carbocycles. The Morgan fingerprint density at radius 3 is 2.65 bits per heavy atom. The zero-order valence-corrected chi connectivity index (χ0v) is 9.93. The molecule has 2 N–H and O–H groups in total. The molecule has 0 aliphatic carbocycles. The molecule has 2 rings (SSSR count). The average Bonchev–Trinajstić information content (AvgIpc) is 2.30. The number of nitrogen functional groups attached to an aromatic ring is 1. The summed E-state index contributed by atoms with van der Waals surface area (Å²) in [5.74, 6) is 1.33. The topological polar surface area (TPSA) is 64.7 Å². The standard InChI is InChI=1S/C13H16N4/c1-2-3-11-9-12(14)17-13(16-11)8-10-4-6-15-7-5-10/h4-7,9H,2-3,8H2,1H3,(H2,14,16,17). The van der Waals surface area contributed by atoms with Gasteiger partial charge in [0.1, 0.15) is 11.6 Å². The number of nitrogens with zero attached hydrogens (tertiary/aromatic N) is 3. The van der Waals surface area contributed by atoms with Crippen molar-refractivity contribution in [3.8, 4) is 0 Å². The summed E-state index contributed by atoms with van der Waals surface area (Å²) in [5.41, 5.74) is 7.94. The Kier molecular flexibility index (Phi) is 3.65. The van der Waals surface area contributed by atoms with Gasteiger partial charge in [-0.3, -0.25) is 4.98 Å². The lowest BCUT2D eigenvalue weighted by molar-refractivity contribution is 0.844. The molecule has 0 fully saturated rings. The second-order valence-electron chi connectivity index (χ2n) is 3.98. The normalized spacial score (nSPS) is 10.4. The highest BCUT2D eigenvalue weighted by Crippen LogP contribution is 2.09. The third-order valence-electron chi connectivity index (χ3n) is 2.46. The van der Waals surface area contributed by atoms with Gasteiger partial charge >= 0.3 is 0 Å². The van der Waals surface area contributed by atoms with Crippen molar-refractivity contribution in [3.05, 3.63) is 47.7 Å². The van der Waals surface area contributed by atoms with Gasteiger partial charge in [-0.2, -0.15) is 0 Å². The minimum atomic E-state index is 0.549. The molecule has 4 nitrogen and oxygen atoms in total. The molecule has 0 amide bonds. The van der Waals surface area contributed by atoms with Crippen LogP contribution in [0.4, 0.5) is 5.82 Å². The summed E-state index contributed by atoms with van der Waals surface area (Å²) in [6, 6.07) is 5.78. The average molecular weight is 228 g/mol. The van der Waals surface area contributed by atoms with Gasteiger partial charge in [0, 0.05) is 30.6 Å². The maximum absolute atomic E-state index is 5.78. The molecule has 0 bridgehead atoms. The van der Waals surface area contributed by atoms with Crippen LogP contribution in [0.3, 0.4) is 0 Å². The molecular formula is C13H16N4. The molecule has 2 aromatic heterocycles. The molecule has 4 heteroatoms. The summed E-state index contributed by atoms with van der Waals surface area (Å²) in [6.45, 7) is 2.13. The molecule has 0 aliphatic rings. The van der Waals surface area contributed by atoms with Crippen LogP contribution in [0.2, 0.25) is 0 Å². The Morgan fingerprint density at radius 1 is 1.18 bits per heavy atom. The molecule has 0 radical (unpaired) electrons. The molecule has 0 spiro atoms. The van der Waals surface area contributed by atoms with E-state index in [4.69, 9.17) is 5.73 Å². The number of hydrogen-bond donors (Lipinski definition) is 1. The summed E-state index contributed by atoms with van der Waals surface area (Å²) in [5, 5.41) is 0. The fraction of sp³-hybridized carbons (Fsp3) is 0.308. The summed E-state index contributed by atoms with van der Waals surface area (Å²) in [7, 11) is 0. The number of pyridine rings is 1. The number of rotatable bonds is 4. The van der Waals surface area contributed by atoms with Gasteiger partial charge in [-0.15, -0.1) is 0 Å². The van der Waals surface area contributed by atoms with Crippen LogP contribution in [-0.2, 0) is 12.8 Å². The number of aryl methyl sites for hydroxylation is 1. The summed E-state index contributed by atoms with van der Waals surface area (Å²) >= 11 is 0. The van der Waals surface area contributed by atoms with Gasteiger partial charge in [0.15, 0.2) is 0 Å². The van der Waals surface area contributed by atoms with Gasteiger partial charge in [0.2, 0.25) is 0 Å². The lowest BCUT2D eigenvalue weighted by Gasteiger charge is -2.05. The minimum Gasteiger partial charge on any atom is -0.384 e. The SMILES string of the molecule is CCCc1cc(N)nc(Cc2ccncc2)n1. The zero-order chi connectivity index (χ0) is 12.1. The van der Waals surface area contributed by atoms with Gasteiger partial charge in [0.05, 0.1) is 0 Å². The Balaban J connectivity index is 2.21. The lowest BCUT2D eigenvalue weighted by atomic mass is 10.2. The van der Waals surface area contributed by atoms with Crippen LogP contribution in [0.5, 0.6) is 0 Å². The smallest absolute Gasteiger partial charge is 0.135 e. The summed E-state index contributed by atoms with van der Waals surface area (Å²) < 4.78 is 0. The zero-order valence-electron chi connectivity index (χ0n) is 9.93. The van der Waals surface area contributed by atoms with Crippen molar-refractivity contribution in [2.45, 2.75) is 26.2 Å². The number of anilines is 1. The van der Waals surface area contributed by atoms with Crippen molar-refractivity contribution in [3.63, 3.8) is 0 Å². The molecule has 0 saturated heterocycles. The Bertz CT molecular complexity index is 482. The van der Waals surface area contributed by atoms with Crippen LogP contribution >= 0.6 is 0 Å². The van der Waals surface area contributed by atoms with Crippen molar-refractivity contribution >= 4 is 5.82 Å². The van der Waals surface area contributed by atoms with E-state index in [-0.39, 0.29) is 0 Å². The van der Waals surface area contributed by atoms with Gasteiger partial charge in [-0.25, -0.2) is 9.97 Å². The van der Waals surface area contributed by atoms with E-state index in [2.05, 4.69) is 21.9 Å². The predicted molar refractivity (Wildman–Crippen MR) is 67.5 cm³/mol. The number of aromatic nitrogens is 3. The summed E-state index contributed by atoms with van der Waals surface area (Å²) in [4.78, 5) is 12.8. The van der Waals surface area contributed by atoms with Gasteiger partial charge in [-0.05, 0) is 24.1 Å². The second-order valence-corrected chi connectivity index (χ2v) is 3.98. The van der Waals surface area contributed by atoms with Crippen molar-refractivity contribution < 1.29 is 0 Å². The first kappa shape index (κ1) is 11.5. The largest absolute Gasteiger partial charge is 0.384 e. The van der Waals surface area contributed by atoms with E-state index in [1.165, 1.54) is 0 Å². The fourth-order valence-electron chi connectivity index (χ4n) is 1.72. The number of nitrogens with two attached hydrogens (primary N) is 1. The lowest BCUT2D eigenvalue weighted by Crippen LogP contribution is -2.04. The van der Waals surface area contributed by atoms with E-state index < -0.39 is 0 Å². The van der Waals surface area contributed by atoms with Crippen molar-refractivity contribution in [2.24, 2.45) is 0 Å². The second kappa shape index (κ2) is 5.39. The van der Waals surface area contributed by atoms with E-state index in [9.17, 15) is 0 Å². The van der Waals surface area contributed by atoms with Crippen LogP contribution < -0.4 is 5.73 Å². The van der Waals surface area contributed by atoms with Crippen molar-refractivity contribution in [1.29, 1.82) is 0 Å². The van der Waals surface area contributed by atoms with E-state index in [1.54, 1.807) is 12.4 Å². The highest BCUT2D eigenvalue weighted by Gasteiger charge is 2.03. The molecule has 2 aromatic rings. The molecule has 17 heavy (non-hydrogen) atoms. The first-order chi connectivity index (χ1) is 8.28. The van der Waals surface area contributed by atoms with Crippen LogP contribution in [0.25, 0.3) is 0 Å². The Hall–Kier alpha value is -1.97. The maximum Gasteiger partial charge on any atom is 0.135 e. The quantitative estimate of drug-likeness (QED) is 0.869. The molecule has 0 unspecified atom stereocenters.